The molecule has 4 unspecified atom stereocenters. The van der Waals surface area contributed by atoms with E-state index in [0.717, 1.165) is 0 Å². The zero-order valence-electron chi connectivity index (χ0n) is 24.7. The van der Waals surface area contributed by atoms with Crippen LogP contribution in [0.2, 0.25) is 0 Å². The van der Waals surface area contributed by atoms with E-state index in [4.69, 9.17) is 28.7 Å². The first-order valence-corrected chi connectivity index (χ1v) is 14.0. The normalized spacial score (nSPS) is 13.6. The van der Waals surface area contributed by atoms with E-state index in [-0.39, 0.29) is 68.8 Å². The Balaban J connectivity index is 3.17. The van der Waals surface area contributed by atoms with Gasteiger partial charge in [0.05, 0.1) is 6.04 Å². The van der Waals surface area contributed by atoms with Crippen molar-refractivity contribution in [2.45, 2.75) is 76.5 Å². The van der Waals surface area contributed by atoms with E-state index in [1.54, 1.807) is 12.1 Å². The summed E-state index contributed by atoms with van der Waals surface area (Å²) in [4.78, 5) is 59.1. The first kappa shape index (κ1) is 36.4. The van der Waals surface area contributed by atoms with E-state index in [1.807, 2.05) is 13.8 Å². The molecule has 0 aliphatic heterocycles. The van der Waals surface area contributed by atoms with Crippen LogP contribution in [0.5, 0.6) is 5.75 Å². The van der Waals surface area contributed by atoms with Crippen molar-refractivity contribution in [3.05, 3.63) is 29.8 Å². The van der Waals surface area contributed by atoms with E-state index in [9.17, 15) is 29.4 Å². The van der Waals surface area contributed by atoms with Crippen LogP contribution in [0.3, 0.4) is 0 Å². The van der Waals surface area contributed by atoms with Gasteiger partial charge >= 0.3 is 5.97 Å². The van der Waals surface area contributed by atoms with Crippen LogP contribution in [0.1, 0.15) is 51.5 Å². The summed E-state index contributed by atoms with van der Waals surface area (Å²) < 4.78 is 0. The Bertz CT molecular complexity index is 1120. The molecular weight excluding hydrogens is 560 g/mol. The number of aliphatic carboxylic acids is 1. The number of hydrogen-bond acceptors (Lipinski definition) is 8. The van der Waals surface area contributed by atoms with Crippen molar-refractivity contribution in [2.75, 3.05) is 13.1 Å². The summed E-state index contributed by atoms with van der Waals surface area (Å²) in [6.07, 6.45) is 1.04. The maximum atomic E-state index is 13.5. The van der Waals surface area contributed by atoms with Crippen LogP contribution in [0, 0.1) is 5.92 Å². The molecule has 0 heterocycles. The molecule has 0 bridgehead atoms. The van der Waals surface area contributed by atoms with E-state index in [1.165, 1.54) is 12.1 Å². The van der Waals surface area contributed by atoms with Gasteiger partial charge in [0, 0.05) is 19.5 Å². The number of aromatic hydroxyl groups is 1. The molecule has 1 aromatic rings. The van der Waals surface area contributed by atoms with Gasteiger partial charge in [-0.15, -0.1) is 0 Å². The second-order valence-electron chi connectivity index (χ2n) is 10.5. The van der Waals surface area contributed by atoms with Crippen LogP contribution in [0.4, 0.5) is 0 Å². The summed E-state index contributed by atoms with van der Waals surface area (Å²) in [5, 5.41) is 27.0. The highest BCUT2D eigenvalue weighted by molar-refractivity contribution is 5.94. The molecule has 4 atom stereocenters. The molecule has 1 rings (SSSR count). The van der Waals surface area contributed by atoms with Crippen molar-refractivity contribution in [1.29, 1.82) is 0 Å². The van der Waals surface area contributed by atoms with Crippen molar-refractivity contribution in [1.82, 2.24) is 16.0 Å². The van der Waals surface area contributed by atoms with E-state index in [0.29, 0.717) is 12.0 Å². The van der Waals surface area contributed by atoms with Gasteiger partial charge in [-0.25, -0.2) is 4.79 Å². The second kappa shape index (κ2) is 18.8. The summed E-state index contributed by atoms with van der Waals surface area (Å²) in [6, 6.07) is 1.59. The Morgan fingerprint density at radius 2 is 1.23 bits per heavy atom. The Morgan fingerprint density at radius 1 is 0.767 bits per heavy atom. The van der Waals surface area contributed by atoms with Gasteiger partial charge in [-0.2, -0.15) is 0 Å². The minimum Gasteiger partial charge on any atom is -0.508 e. The number of carboxylic acids is 1. The largest absolute Gasteiger partial charge is 0.508 e. The number of carboxylic acid groups (broad SMARTS) is 1. The molecule has 43 heavy (non-hydrogen) atoms. The molecule has 0 saturated carbocycles. The number of benzene rings is 1. The number of phenolic OH excluding ortho intramolecular Hbond substituents is 1. The van der Waals surface area contributed by atoms with Crippen molar-refractivity contribution in [3.8, 4) is 5.75 Å². The van der Waals surface area contributed by atoms with E-state index in [2.05, 4.69) is 25.9 Å². The van der Waals surface area contributed by atoms with Crippen LogP contribution < -0.4 is 44.6 Å². The Hall–Kier alpha value is -4.60. The average molecular weight is 607 g/mol. The highest BCUT2D eigenvalue weighted by Crippen LogP contribution is 2.13. The van der Waals surface area contributed by atoms with Crippen LogP contribution >= 0.6 is 0 Å². The Kier molecular flexibility index (Phi) is 15.9. The molecule has 0 aliphatic rings. The average Bonchev–Trinajstić information content (AvgIpc) is 2.91. The predicted molar refractivity (Wildman–Crippen MR) is 162 cm³/mol. The number of rotatable bonds is 19. The molecule has 1 aromatic carbocycles. The summed E-state index contributed by atoms with van der Waals surface area (Å²) in [7, 11) is 0. The smallest absolute Gasteiger partial charge is 0.326 e. The molecule has 16 heteroatoms. The van der Waals surface area contributed by atoms with Gasteiger partial charge in [0.2, 0.25) is 17.7 Å². The zero-order valence-corrected chi connectivity index (χ0v) is 24.7. The van der Waals surface area contributed by atoms with Crippen LogP contribution in [0.25, 0.3) is 0 Å². The van der Waals surface area contributed by atoms with Crippen molar-refractivity contribution in [3.63, 3.8) is 0 Å². The second-order valence-corrected chi connectivity index (χ2v) is 10.5. The number of amides is 3. The highest BCUT2D eigenvalue weighted by atomic mass is 16.4. The van der Waals surface area contributed by atoms with Crippen LogP contribution in [0.15, 0.2) is 34.3 Å². The standard InChI is InChI=1S/C27H46N10O6/c1-15(2)13-18(28)22(39)37-21(14-16-7-9-17(38)10-8-16)24(41)35-19(5-3-11-33-26(29)30)23(40)36-20(25(42)43)6-4-12-34-27(31)32/h7-10,15,18-21,38H,3-6,11-14,28H2,1-2H3,(H,35,41)(H,36,40)(H,37,39)(H,42,43)(H4,29,30,33)(H4,31,32,34). The summed E-state index contributed by atoms with van der Waals surface area (Å²) in [6.45, 7) is 4.13. The van der Waals surface area contributed by atoms with Gasteiger partial charge in [-0.1, -0.05) is 26.0 Å². The molecule has 16 nitrogen and oxygen atoms in total. The SMILES string of the molecule is CC(C)CC(N)C(=O)NC(Cc1ccc(O)cc1)C(=O)NC(CCCN=C(N)N)C(=O)NC(CCCN=C(N)N)C(=O)O. The summed E-state index contributed by atoms with van der Waals surface area (Å²) >= 11 is 0. The lowest BCUT2D eigenvalue weighted by atomic mass is 10.0. The van der Waals surface area contributed by atoms with Gasteiger partial charge in [-0.05, 0) is 55.7 Å². The number of nitrogens with one attached hydrogen (secondary N) is 3. The fourth-order valence-electron chi connectivity index (χ4n) is 4.05. The first-order valence-electron chi connectivity index (χ1n) is 14.0. The quantitative estimate of drug-likeness (QED) is 0.0464. The molecule has 3 amide bonds. The van der Waals surface area contributed by atoms with Crippen LogP contribution in [-0.4, -0.2) is 83.1 Å². The monoisotopic (exact) mass is 606 g/mol. The lowest BCUT2D eigenvalue weighted by molar-refractivity contribution is -0.142. The highest BCUT2D eigenvalue weighted by Gasteiger charge is 2.30. The third kappa shape index (κ3) is 15.3. The molecule has 0 radical (unpaired) electrons. The van der Waals surface area contributed by atoms with Crippen molar-refractivity contribution in [2.24, 2.45) is 44.6 Å². The lowest BCUT2D eigenvalue weighted by Crippen LogP contribution is -2.57. The van der Waals surface area contributed by atoms with Crippen LogP contribution in [-0.2, 0) is 25.6 Å². The third-order valence-corrected chi connectivity index (χ3v) is 6.21. The predicted octanol–water partition coefficient (Wildman–Crippen LogP) is -2.05. The van der Waals surface area contributed by atoms with E-state index >= 15 is 0 Å². The Labute approximate surface area is 250 Å². The molecule has 0 aliphatic carbocycles. The Morgan fingerprint density at radius 3 is 1.72 bits per heavy atom. The van der Waals surface area contributed by atoms with Gasteiger partial charge in [-0.3, -0.25) is 24.4 Å². The minimum absolute atomic E-state index is 0.0246. The zero-order chi connectivity index (χ0) is 32.5. The topological polar surface area (TPSA) is 300 Å². The summed E-state index contributed by atoms with van der Waals surface area (Å²) in [5.41, 5.74) is 28.0. The fourth-order valence-corrected chi connectivity index (χ4v) is 4.05. The number of hydrogen-bond donors (Lipinski definition) is 10. The molecule has 0 spiro atoms. The molecule has 15 N–H and O–H groups in total. The third-order valence-electron chi connectivity index (χ3n) is 6.21. The van der Waals surface area contributed by atoms with Gasteiger partial charge in [0.25, 0.3) is 0 Å². The number of nitrogens with two attached hydrogens (primary N) is 5. The van der Waals surface area contributed by atoms with Gasteiger partial charge in [0.1, 0.15) is 23.9 Å². The molecular formula is C27H46N10O6. The lowest BCUT2D eigenvalue weighted by Gasteiger charge is -2.25. The molecule has 0 fully saturated rings. The maximum absolute atomic E-state index is 13.5. The number of carbonyl (C=O) groups is 4. The fraction of sp³-hybridized carbons (Fsp3) is 0.556. The number of phenols is 1. The molecule has 0 aromatic heterocycles. The molecule has 0 saturated heterocycles. The number of guanidine groups is 2. The van der Waals surface area contributed by atoms with Crippen molar-refractivity contribution >= 4 is 35.6 Å². The number of aliphatic imine (C=N–C) groups is 2. The summed E-state index contributed by atoms with van der Waals surface area (Å²) in [5.74, 6) is -3.40. The number of nitrogens with zero attached hydrogens (tertiary/aromatic N) is 2. The maximum Gasteiger partial charge on any atom is 0.326 e. The molecule has 240 valence electrons. The first-order chi connectivity index (χ1) is 20.2. The van der Waals surface area contributed by atoms with Gasteiger partial charge < -0.3 is 54.8 Å². The van der Waals surface area contributed by atoms with Crippen molar-refractivity contribution < 1.29 is 29.4 Å². The van der Waals surface area contributed by atoms with E-state index < -0.39 is 47.9 Å². The van der Waals surface area contributed by atoms with Gasteiger partial charge in [0.15, 0.2) is 11.9 Å². The minimum atomic E-state index is -1.28. The number of carbonyl (C=O) groups excluding carboxylic acids is 3.